The van der Waals surface area contributed by atoms with E-state index in [9.17, 15) is 4.79 Å². The Balaban J connectivity index is 0.000000200. The van der Waals surface area contributed by atoms with E-state index in [4.69, 9.17) is 29.2 Å². The van der Waals surface area contributed by atoms with Crippen molar-refractivity contribution in [3.63, 3.8) is 0 Å². The summed E-state index contributed by atoms with van der Waals surface area (Å²) < 4.78 is 27.4. The first-order valence-electron chi connectivity index (χ1n) is 44.0. The molecule has 4 bridgehead atoms. The zero-order valence-corrected chi connectivity index (χ0v) is 87.7. The van der Waals surface area contributed by atoms with Crippen molar-refractivity contribution in [2.45, 2.75) is 339 Å². The smallest absolute Gasteiger partial charge is 0.410 e. The molecule has 2 radical (unpaired) electrons. The maximum atomic E-state index is 12.6. The first-order valence-corrected chi connectivity index (χ1v) is 54.8. The number of carbonyl (C=O) groups is 1. The number of unbranched alkanes of at least 4 members (excludes halogenated alkanes) is 12. The Morgan fingerprint density at radius 1 is 0.545 bits per heavy atom. The molecule has 0 aromatic carbocycles. The Hall–Kier alpha value is -4.08. The van der Waals surface area contributed by atoms with Crippen molar-refractivity contribution in [1.29, 1.82) is 0 Å². The fourth-order valence-electron chi connectivity index (χ4n) is 14.6. The van der Waals surface area contributed by atoms with E-state index in [1.165, 1.54) is 153 Å². The molecule has 1 amide bonds. The number of fused-ring (bicyclic) bond motifs is 6. The fourth-order valence-corrected chi connectivity index (χ4v) is 24.1. The van der Waals surface area contributed by atoms with E-state index in [0.29, 0.717) is 35.8 Å². The number of hydrogen-bond donors (Lipinski definition) is 2. The van der Waals surface area contributed by atoms with Crippen LogP contribution in [0.1, 0.15) is 287 Å². The van der Waals surface area contributed by atoms with E-state index in [2.05, 4.69) is 196 Å². The van der Waals surface area contributed by atoms with Crippen LogP contribution < -0.4 is 15.1 Å². The predicted molar refractivity (Wildman–Crippen MR) is 524 cm³/mol. The van der Waals surface area contributed by atoms with Gasteiger partial charge in [-0.05, 0) is 171 Å². The van der Waals surface area contributed by atoms with Crippen LogP contribution in [0.4, 0.5) is 15.1 Å². The molecule has 2 N–H and O–H groups in total. The van der Waals surface area contributed by atoms with Crippen molar-refractivity contribution in [1.82, 2.24) is 89.8 Å². The predicted octanol–water partition coefficient (Wildman–Crippen LogP) is 26.0. The summed E-state index contributed by atoms with van der Waals surface area (Å²) >= 11 is 18.6. The molecule has 6 fully saturated rings. The molecule has 6 saturated heterocycles. The van der Waals surface area contributed by atoms with Crippen molar-refractivity contribution in [2.75, 3.05) is 37.1 Å². The van der Waals surface area contributed by atoms with Crippen molar-refractivity contribution in [3.8, 4) is 33.3 Å². The van der Waals surface area contributed by atoms with Crippen LogP contribution >= 0.6 is 128 Å². The molecule has 668 valence electrons. The summed E-state index contributed by atoms with van der Waals surface area (Å²) in [7, 11) is 4.30. The van der Waals surface area contributed by atoms with Crippen LogP contribution in [0.3, 0.4) is 0 Å². The van der Waals surface area contributed by atoms with E-state index in [-0.39, 0.29) is 64.2 Å². The molecule has 16 rings (SSSR count). The fraction of sp³-hybridized carbons (Fsp3) is 0.655. The molecule has 16 heterocycles. The SMILES string of the molecule is Brc1cnc(-c2cnn(C3CCCCO3)c2)nc1.Brc1cnc(I)nc1.CC.CCCCCCCC.CCCCCCCC.CCC[CH2][Sn][CH2]CCC.CN(c1nc2sc(-c3cnc(-c4cn[nH]c4)nc3)nc2s1)C1C[C@H]2CC[C@@H](C1)N2.CN(c1nc2sc(Br)nc2s1)C1C[C@H]2CC[C@@H](C1)N2C(=O)OC(C)(C)C.Cc1cnn(C2CCCCO2)c1.Cl. The van der Waals surface area contributed by atoms with Crippen molar-refractivity contribution in [2.24, 2.45) is 0 Å². The average Bonchev–Trinajstić information content (AvgIpc) is 1.66. The number of ether oxygens (including phenoxy) is 3. The van der Waals surface area contributed by atoms with Crippen LogP contribution in [0.15, 0.2) is 87.2 Å². The second-order valence-electron chi connectivity index (χ2n) is 31.9. The summed E-state index contributed by atoms with van der Waals surface area (Å²) in [5.74, 6) is 1.33. The summed E-state index contributed by atoms with van der Waals surface area (Å²) in [4.78, 5) is 67.3. The number of hydrogen-bond acceptors (Lipinski definition) is 24. The topological polar surface area (TPSA) is 260 Å². The van der Waals surface area contributed by atoms with E-state index in [1.54, 1.807) is 97.6 Å². The number of nitrogens with one attached hydrogen (secondary N) is 2. The van der Waals surface area contributed by atoms with Crippen LogP contribution in [0.2, 0.25) is 8.87 Å². The number of nitrogens with zero attached hydrogens (tertiary/aromatic N) is 18. The summed E-state index contributed by atoms with van der Waals surface area (Å²) in [5.41, 5.74) is 3.45. The molecule has 34 heteroatoms. The Kier molecular flexibility index (Phi) is 49.0. The summed E-state index contributed by atoms with van der Waals surface area (Å²) in [5, 5.41) is 22.0. The number of thiazole rings is 4. The van der Waals surface area contributed by atoms with Gasteiger partial charge in [-0.2, -0.15) is 15.3 Å². The molecule has 0 saturated carbocycles. The van der Waals surface area contributed by atoms with Crippen molar-refractivity contribution >= 4 is 185 Å². The Bertz CT molecular complexity index is 4270. The molecule has 6 aliphatic rings. The number of aromatic nitrogens is 16. The number of halogens is 5. The van der Waals surface area contributed by atoms with Gasteiger partial charge < -0.3 is 34.2 Å². The first-order chi connectivity index (χ1) is 58.2. The van der Waals surface area contributed by atoms with Crippen LogP contribution in [0.5, 0.6) is 0 Å². The maximum absolute atomic E-state index is 12.6. The normalized spacial score (nSPS) is 19.3. The zero-order chi connectivity index (χ0) is 86.2. The number of H-pyrrole nitrogens is 1. The molecule has 121 heavy (non-hydrogen) atoms. The summed E-state index contributed by atoms with van der Waals surface area (Å²) in [6, 6.07) is 2.86. The van der Waals surface area contributed by atoms with Gasteiger partial charge in [0.25, 0.3) is 0 Å². The third-order valence-corrected chi connectivity index (χ3v) is 31.2. The minimum absolute atomic E-state index is 0. The van der Waals surface area contributed by atoms with Crippen LogP contribution in [0, 0.1) is 10.8 Å². The van der Waals surface area contributed by atoms with Gasteiger partial charge in [-0.25, -0.2) is 64.0 Å². The molecule has 10 aromatic heterocycles. The molecule has 10 aromatic rings. The van der Waals surface area contributed by atoms with Gasteiger partial charge in [-0.1, -0.05) is 164 Å². The van der Waals surface area contributed by atoms with Gasteiger partial charge in [0, 0.05) is 147 Å². The Morgan fingerprint density at radius 3 is 1.45 bits per heavy atom. The third kappa shape index (κ3) is 35.5. The molecule has 6 aliphatic heterocycles. The van der Waals surface area contributed by atoms with Crippen molar-refractivity contribution in [3.05, 3.63) is 96.6 Å². The minimum Gasteiger partial charge on any atom is -0.444 e. The van der Waals surface area contributed by atoms with Gasteiger partial charge in [0.1, 0.15) is 23.1 Å². The number of amides is 1. The maximum Gasteiger partial charge on any atom is 0.410 e. The summed E-state index contributed by atoms with van der Waals surface area (Å²) in [6.07, 6.45) is 60.6. The monoisotopic (exact) mass is 2170 g/mol. The number of aryl methyl sites for hydroxylation is 1. The van der Waals surface area contributed by atoms with E-state index in [0.717, 1.165) is 126 Å². The Morgan fingerprint density at radius 2 is 1.01 bits per heavy atom. The first kappa shape index (κ1) is 104. The standard InChI is InChI=1S/C19H20N8S2.C17H23BrN4O2S2.C12H13BrN4O.C9H14N2O.2C8H18.C4H2BrIN2.2C4H9.C2H6.ClH.Sn/c1-27(14-4-12-2-3-13(5-14)24-12)19-26-18-17(29-19)25-16(28-18)11-6-20-15(21-7-11)10-8-22-23-9-10;1-17(2,3)24-16(23)22-9-5-6-10(22)8-11(7-9)21(4)15-20-13-12(26-15)19-14(18)25-13;13-10-6-14-12(15-7-10)9-5-16-17(8-9)11-3-1-2-4-18-11;1-8-6-10-11(7-8)9-4-2-3-5-12-9;2*1-3-5-7-8-6-4-2;5-3-1-7-4(6)8-2-3;2*1-3-4-2;1-2;;/h6-9,12-14,24H,2-5H2,1H3,(H,22,23);9-11H,5-8H2,1-4H3;5-8,11H,1-4H2;6-7,9H,2-5H2,1H3;2*3-8H2,1-2H3;1-2H;2*1,3-4H2,2H3;1-2H3;1H;/t12-,13+,14?;9-,10+,11?;;;;;;;;;;. The van der Waals surface area contributed by atoms with Crippen LogP contribution in [-0.4, -0.2) is 181 Å². The third-order valence-electron chi connectivity index (χ3n) is 21.0. The number of piperidine rings is 2. The van der Waals surface area contributed by atoms with Crippen LogP contribution in [0.25, 0.3) is 52.7 Å². The van der Waals surface area contributed by atoms with E-state index in [1.807, 2.05) is 86.8 Å². The number of aromatic amines is 1. The average molecular weight is 2170 g/mol. The number of carbonyl (C=O) groups excluding carboxylic acids is 1. The molecular formula is C87H133Br3ClIN20O4S4Sn. The van der Waals surface area contributed by atoms with Gasteiger partial charge in [0.05, 0.1) is 38.7 Å². The number of anilines is 2. The van der Waals surface area contributed by atoms with Gasteiger partial charge >= 0.3 is 75.6 Å². The largest absolute Gasteiger partial charge is 0.444 e. The van der Waals surface area contributed by atoms with E-state index >= 15 is 0 Å². The Labute approximate surface area is 791 Å². The van der Waals surface area contributed by atoms with Gasteiger partial charge in [0.15, 0.2) is 49.0 Å². The minimum atomic E-state index is -0.446. The second kappa shape index (κ2) is 57.0. The van der Waals surface area contributed by atoms with Gasteiger partial charge in [-0.3, -0.25) is 5.10 Å². The van der Waals surface area contributed by atoms with Gasteiger partial charge in [0.2, 0.25) is 0 Å². The van der Waals surface area contributed by atoms with E-state index < -0.39 is 5.60 Å². The summed E-state index contributed by atoms with van der Waals surface area (Å²) in [6.45, 7) is 27.1. The molecule has 24 nitrogen and oxygen atoms in total. The molecule has 4 unspecified atom stereocenters. The molecular weight excluding hydrogens is 2040 g/mol. The second-order valence-corrected chi connectivity index (χ2v) is 44.1. The molecule has 0 aliphatic carbocycles. The molecule has 8 atom stereocenters. The van der Waals surface area contributed by atoms with Crippen molar-refractivity contribution < 1.29 is 19.0 Å². The van der Waals surface area contributed by atoms with Crippen LogP contribution in [-0.2, 0) is 14.2 Å². The molecule has 0 spiro atoms. The number of rotatable bonds is 25. The van der Waals surface area contributed by atoms with Gasteiger partial charge in [-0.15, -0.1) is 12.4 Å². The quantitative estimate of drug-likeness (QED) is 0.0233. The zero-order valence-electron chi connectivity index (χ0n) is 73.8.